The van der Waals surface area contributed by atoms with Gasteiger partial charge in [0.25, 0.3) is 0 Å². The third-order valence-corrected chi connectivity index (χ3v) is 3.19. The van der Waals surface area contributed by atoms with Crippen LogP contribution in [-0.4, -0.2) is 44.2 Å². The summed E-state index contributed by atoms with van der Waals surface area (Å²) in [7, 11) is 1.24. The molecule has 1 aliphatic rings. The SMILES string of the molecule is COC(=O)C(c1cc(F)ccc1F)N1CCNCC1. The van der Waals surface area contributed by atoms with Gasteiger partial charge in [-0.3, -0.25) is 4.90 Å². The van der Waals surface area contributed by atoms with E-state index >= 15 is 0 Å². The summed E-state index contributed by atoms with van der Waals surface area (Å²) in [5.41, 5.74) is 0.0220. The van der Waals surface area contributed by atoms with Gasteiger partial charge in [0.1, 0.15) is 17.7 Å². The highest BCUT2D eigenvalue weighted by Crippen LogP contribution is 2.25. The van der Waals surface area contributed by atoms with Crippen LogP contribution in [0.15, 0.2) is 18.2 Å². The molecular formula is C13H16F2N2O2. The van der Waals surface area contributed by atoms with E-state index in [1.165, 1.54) is 7.11 Å². The van der Waals surface area contributed by atoms with Gasteiger partial charge < -0.3 is 10.1 Å². The standard InChI is InChI=1S/C13H16F2N2O2/c1-19-13(18)12(17-6-4-16-5-7-17)10-8-9(14)2-3-11(10)15/h2-3,8,12,16H,4-7H2,1H3. The third kappa shape index (κ3) is 3.08. The number of nitrogens with zero attached hydrogens (tertiary/aromatic N) is 1. The molecule has 0 spiro atoms. The van der Waals surface area contributed by atoms with Crippen molar-refractivity contribution in [2.75, 3.05) is 33.3 Å². The molecule has 1 N–H and O–H groups in total. The molecule has 0 saturated carbocycles. The van der Waals surface area contributed by atoms with Crippen molar-refractivity contribution in [1.29, 1.82) is 0 Å². The van der Waals surface area contributed by atoms with Gasteiger partial charge in [0.2, 0.25) is 0 Å². The highest BCUT2D eigenvalue weighted by molar-refractivity contribution is 5.77. The second-order valence-corrected chi connectivity index (χ2v) is 4.38. The average molecular weight is 270 g/mol. The quantitative estimate of drug-likeness (QED) is 0.835. The number of halogens is 2. The van der Waals surface area contributed by atoms with Crippen LogP contribution in [0.5, 0.6) is 0 Å². The van der Waals surface area contributed by atoms with E-state index in [0.717, 1.165) is 18.2 Å². The lowest BCUT2D eigenvalue weighted by Gasteiger charge is -2.33. The molecule has 1 aromatic rings. The second-order valence-electron chi connectivity index (χ2n) is 4.38. The van der Waals surface area contributed by atoms with Crippen molar-refractivity contribution in [3.05, 3.63) is 35.4 Å². The molecule has 1 saturated heterocycles. The summed E-state index contributed by atoms with van der Waals surface area (Å²) in [6.45, 7) is 2.56. The number of esters is 1. The number of methoxy groups -OCH3 is 1. The number of nitrogens with one attached hydrogen (secondary N) is 1. The summed E-state index contributed by atoms with van der Waals surface area (Å²) < 4.78 is 31.9. The molecule has 6 heteroatoms. The normalized spacial score (nSPS) is 18.1. The van der Waals surface area contributed by atoms with Gasteiger partial charge in [0.15, 0.2) is 0 Å². The zero-order valence-corrected chi connectivity index (χ0v) is 10.7. The zero-order valence-electron chi connectivity index (χ0n) is 10.7. The smallest absolute Gasteiger partial charge is 0.327 e. The fourth-order valence-electron chi connectivity index (χ4n) is 2.25. The molecule has 104 valence electrons. The maximum absolute atomic E-state index is 13.9. The summed E-state index contributed by atoms with van der Waals surface area (Å²) >= 11 is 0. The van der Waals surface area contributed by atoms with Crippen molar-refractivity contribution in [1.82, 2.24) is 10.2 Å². The van der Waals surface area contributed by atoms with Gasteiger partial charge in [-0.1, -0.05) is 0 Å². The molecule has 1 fully saturated rings. The van der Waals surface area contributed by atoms with Crippen molar-refractivity contribution in [3.63, 3.8) is 0 Å². The molecule has 0 radical (unpaired) electrons. The number of piperazine rings is 1. The Labute approximate surface area is 110 Å². The number of hydrogen-bond donors (Lipinski definition) is 1. The Morgan fingerprint density at radius 3 is 2.68 bits per heavy atom. The largest absolute Gasteiger partial charge is 0.468 e. The number of carbonyl (C=O) groups excluding carboxylic acids is 1. The first-order chi connectivity index (χ1) is 9.13. The Morgan fingerprint density at radius 1 is 1.37 bits per heavy atom. The van der Waals surface area contributed by atoms with E-state index < -0.39 is 23.6 Å². The van der Waals surface area contributed by atoms with E-state index in [4.69, 9.17) is 4.74 Å². The van der Waals surface area contributed by atoms with Crippen molar-refractivity contribution in [2.45, 2.75) is 6.04 Å². The van der Waals surface area contributed by atoms with Crippen molar-refractivity contribution in [2.24, 2.45) is 0 Å². The molecular weight excluding hydrogens is 254 g/mol. The molecule has 1 unspecified atom stereocenters. The fourth-order valence-corrected chi connectivity index (χ4v) is 2.25. The predicted octanol–water partition coefficient (Wildman–Crippen LogP) is 1.08. The van der Waals surface area contributed by atoms with Crippen LogP contribution >= 0.6 is 0 Å². The molecule has 1 aromatic carbocycles. The van der Waals surface area contributed by atoms with Crippen LogP contribution in [0.4, 0.5) is 8.78 Å². The monoisotopic (exact) mass is 270 g/mol. The van der Waals surface area contributed by atoms with E-state index in [9.17, 15) is 13.6 Å². The van der Waals surface area contributed by atoms with Crippen LogP contribution in [0.2, 0.25) is 0 Å². The van der Waals surface area contributed by atoms with Crippen LogP contribution in [0, 0.1) is 11.6 Å². The molecule has 19 heavy (non-hydrogen) atoms. The minimum absolute atomic E-state index is 0.0220. The number of rotatable bonds is 3. The zero-order chi connectivity index (χ0) is 13.8. The van der Waals surface area contributed by atoms with Gasteiger partial charge in [-0.2, -0.15) is 0 Å². The molecule has 4 nitrogen and oxygen atoms in total. The van der Waals surface area contributed by atoms with Crippen LogP contribution < -0.4 is 5.32 Å². The maximum atomic E-state index is 13.9. The van der Waals surface area contributed by atoms with Crippen LogP contribution in [0.1, 0.15) is 11.6 Å². The topological polar surface area (TPSA) is 41.6 Å². The Hall–Kier alpha value is -1.53. The average Bonchev–Trinajstić information content (AvgIpc) is 2.44. The molecule has 0 aliphatic carbocycles. The van der Waals surface area contributed by atoms with Crippen LogP contribution in [-0.2, 0) is 9.53 Å². The van der Waals surface area contributed by atoms with E-state index in [1.807, 2.05) is 0 Å². The molecule has 1 atom stereocenters. The first-order valence-electron chi connectivity index (χ1n) is 6.11. The summed E-state index contributed by atoms with van der Waals surface area (Å²) in [4.78, 5) is 13.7. The van der Waals surface area contributed by atoms with Gasteiger partial charge in [-0.05, 0) is 18.2 Å². The maximum Gasteiger partial charge on any atom is 0.327 e. The van der Waals surface area contributed by atoms with Gasteiger partial charge in [-0.25, -0.2) is 13.6 Å². The molecule has 2 rings (SSSR count). The lowest BCUT2D eigenvalue weighted by molar-refractivity contribution is -0.147. The predicted molar refractivity (Wildman–Crippen MR) is 65.6 cm³/mol. The molecule has 0 aromatic heterocycles. The fraction of sp³-hybridized carbons (Fsp3) is 0.462. The van der Waals surface area contributed by atoms with E-state index in [2.05, 4.69) is 5.32 Å². The van der Waals surface area contributed by atoms with Gasteiger partial charge in [0.05, 0.1) is 7.11 Å². The summed E-state index contributed by atoms with van der Waals surface area (Å²) in [5, 5.41) is 3.14. The van der Waals surface area contributed by atoms with Crippen LogP contribution in [0.25, 0.3) is 0 Å². The van der Waals surface area contributed by atoms with Gasteiger partial charge in [-0.15, -0.1) is 0 Å². The molecule has 1 heterocycles. The van der Waals surface area contributed by atoms with E-state index in [1.54, 1.807) is 4.90 Å². The number of benzene rings is 1. The molecule has 0 amide bonds. The Kier molecular flexibility index (Phi) is 4.44. The number of hydrogen-bond acceptors (Lipinski definition) is 4. The summed E-state index contributed by atoms with van der Waals surface area (Å²) in [6.07, 6.45) is 0. The minimum Gasteiger partial charge on any atom is -0.468 e. The number of carbonyl (C=O) groups is 1. The Morgan fingerprint density at radius 2 is 2.05 bits per heavy atom. The first kappa shape index (κ1) is 13.9. The third-order valence-electron chi connectivity index (χ3n) is 3.19. The highest BCUT2D eigenvalue weighted by Gasteiger charge is 2.31. The molecule has 0 bridgehead atoms. The molecule has 1 aliphatic heterocycles. The van der Waals surface area contributed by atoms with E-state index in [0.29, 0.717) is 26.2 Å². The minimum atomic E-state index is -0.900. The van der Waals surface area contributed by atoms with Crippen LogP contribution in [0.3, 0.4) is 0 Å². The number of ether oxygens (including phenoxy) is 1. The van der Waals surface area contributed by atoms with E-state index in [-0.39, 0.29) is 5.56 Å². The van der Waals surface area contributed by atoms with Crippen molar-refractivity contribution in [3.8, 4) is 0 Å². The highest BCUT2D eigenvalue weighted by atomic mass is 19.1. The Bertz CT molecular complexity index is 462. The first-order valence-corrected chi connectivity index (χ1v) is 6.11. The Balaban J connectivity index is 2.36. The lowest BCUT2D eigenvalue weighted by atomic mass is 10.0. The summed E-state index contributed by atoms with van der Waals surface area (Å²) in [6, 6.07) is 2.22. The second kappa shape index (κ2) is 6.08. The van der Waals surface area contributed by atoms with Crippen molar-refractivity contribution >= 4 is 5.97 Å². The van der Waals surface area contributed by atoms with Gasteiger partial charge in [0, 0.05) is 31.7 Å². The van der Waals surface area contributed by atoms with Gasteiger partial charge >= 0.3 is 5.97 Å². The summed E-state index contributed by atoms with van der Waals surface area (Å²) in [5.74, 6) is -1.75. The van der Waals surface area contributed by atoms with Crippen molar-refractivity contribution < 1.29 is 18.3 Å². The lowest BCUT2D eigenvalue weighted by Crippen LogP contribution is -2.47.